The Morgan fingerprint density at radius 1 is 1.50 bits per heavy atom. The van der Waals surface area contributed by atoms with Gasteiger partial charge >= 0.3 is 12.4 Å². The van der Waals surface area contributed by atoms with Crippen molar-refractivity contribution in [1.82, 2.24) is 0 Å². The van der Waals surface area contributed by atoms with E-state index in [1.807, 2.05) is 0 Å². The average Bonchev–Trinajstić information content (AvgIpc) is 1.35. The molecule has 0 aliphatic rings. The molecule has 0 saturated carbocycles. The molecular weight excluding hydrogens is 211 g/mol. The van der Waals surface area contributed by atoms with E-state index in [2.05, 4.69) is 4.74 Å². The second-order valence-electron chi connectivity index (χ2n) is 0.706. The van der Waals surface area contributed by atoms with Crippen molar-refractivity contribution in [2.75, 3.05) is 0 Å². The van der Waals surface area contributed by atoms with Crippen molar-refractivity contribution < 1.29 is 48.5 Å². The van der Waals surface area contributed by atoms with Gasteiger partial charge in [0.2, 0.25) is 0 Å². The molecule has 0 bridgehead atoms. The topological polar surface area (TPSA) is 43.4 Å². The Morgan fingerprint density at radius 3 is 1.88 bits per heavy atom. The van der Waals surface area contributed by atoms with Crippen LogP contribution < -0.4 is 0 Å². The monoisotopic (exact) mass is 214 g/mol. The first-order chi connectivity index (χ1) is 2.77. The van der Waals surface area contributed by atoms with Gasteiger partial charge in [0.15, 0.2) is 0 Å². The largest absolute Gasteiger partial charge is 0.396 e. The molecule has 0 spiro atoms. The van der Waals surface area contributed by atoms with Gasteiger partial charge in [-0.25, -0.2) is 0 Å². The number of carbonyl (C=O) groups excluding carboxylic acids is 2. The maximum atomic E-state index is 9.59. The second-order valence-corrected chi connectivity index (χ2v) is 0.706. The molecule has 56 valence electrons. The zero-order valence-electron chi connectivity index (χ0n) is 3.91. The van der Waals surface area contributed by atoms with Crippen LogP contribution in [0, 0.1) is 0 Å². The summed E-state index contributed by atoms with van der Waals surface area (Å²) in [5.74, 6) is -0.579. The minimum atomic E-state index is -0.579. The number of hydrogen-bond acceptors (Lipinski definition) is 3. The zero-order valence-corrected chi connectivity index (χ0v) is 5.79. The summed E-state index contributed by atoms with van der Waals surface area (Å²) in [5, 5.41) is 0. The van der Waals surface area contributed by atoms with Crippen LogP contribution >= 0.6 is 0 Å². The number of rotatable bonds is 1. The fourth-order valence-electron chi connectivity index (χ4n) is 0.0678. The molecule has 0 N–H and O–H groups in total. The summed E-state index contributed by atoms with van der Waals surface area (Å²) in [6.07, 6.45) is 0. The van der Waals surface area contributed by atoms with Crippen LogP contribution in [0.2, 0.25) is 0 Å². The van der Waals surface area contributed by atoms with Crippen LogP contribution in [0.25, 0.3) is 0 Å². The molecule has 0 aromatic carbocycles. The van der Waals surface area contributed by atoms with Gasteiger partial charge in [0, 0.05) is 41.1 Å². The van der Waals surface area contributed by atoms with E-state index in [1.54, 1.807) is 0 Å². The van der Waals surface area contributed by atoms with Crippen molar-refractivity contribution in [3.05, 3.63) is 0 Å². The second kappa shape index (κ2) is 10.2. The van der Waals surface area contributed by atoms with Gasteiger partial charge in [-0.2, -0.15) is 0 Å². The van der Waals surface area contributed by atoms with E-state index in [9.17, 15) is 9.59 Å². The Bertz CT molecular complexity index is 72.9. The Balaban J connectivity index is -0.000000125. The molecule has 0 saturated heterocycles. The molecule has 3 nitrogen and oxygen atoms in total. The third-order valence-electron chi connectivity index (χ3n) is 0.214. The summed E-state index contributed by atoms with van der Waals surface area (Å²) in [6.45, 7) is 1.26. The van der Waals surface area contributed by atoms with Crippen molar-refractivity contribution in [1.29, 1.82) is 0 Å². The van der Waals surface area contributed by atoms with E-state index in [0.717, 1.165) is 6.92 Å². The van der Waals surface area contributed by atoms with Crippen LogP contribution in [0.5, 0.6) is 0 Å². The molecule has 2 radical (unpaired) electrons. The minimum absolute atomic E-state index is 0. The van der Waals surface area contributed by atoms with Crippen LogP contribution in [0.4, 0.5) is 0 Å². The normalized spacial score (nSPS) is 5.12. The Labute approximate surface area is 68.1 Å². The maximum Gasteiger partial charge on any atom is 0.310 e. The summed E-state index contributed by atoms with van der Waals surface area (Å²) in [7, 11) is 0. The van der Waals surface area contributed by atoms with Gasteiger partial charge in [0.25, 0.3) is 0 Å². The molecule has 0 heterocycles. The van der Waals surface area contributed by atoms with E-state index < -0.39 is 5.97 Å². The SMILES string of the molecule is CC(=O)OC=O.[Cu].[Cu]. The van der Waals surface area contributed by atoms with E-state index >= 15 is 0 Å². The van der Waals surface area contributed by atoms with Crippen LogP contribution in [0.1, 0.15) is 6.92 Å². The first kappa shape index (κ1) is 15.7. The summed E-state index contributed by atoms with van der Waals surface area (Å²) in [6, 6.07) is 0. The van der Waals surface area contributed by atoms with Gasteiger partial charge in [-0.15, -0.1) is 0 Å². The van der Waals surface area contributed by atoms with Crippen molar-refractivity contribution in [2.24, 2.45) is 0 Å². The van der Waals surface area contributed by atoms with Crippen LogP contribution in [0.15, 0.2) is 0 Å². The number of ether oxygens (including phenoxy) is 1. The fraction of sp³-hybridized carbons (Fsp3) is 0.333. The van der Waals surface area contributed by atoms with Crippen LogP contribution in [-0.2, 0) is 48.5 Å². The van der Waals surface area contributed by atoms with E-state index in [1.165, 1.54) is 0 Å². The smallest absolute Gasteiger partial charge is 0.310 e. The first-order valence-electron chi connectivity index (χ1n) is 1.38. The molecule has 0 aliphatic carbocycles. The molecule has 5 heteroatoms. The number of esters is 1. The summed E-state index contributed by atoms with van der Waals surface area (Å²) in [4.78, 5) is 18.8. The van der Waals surface area contributed by atoms with Crippen molar-refractivity contribution >= 4 is 12.4 Å². The third kappa shape index (κ3) is 16.4. The average molecular weight is 215 g/mol. The van der Waals surface area contributed by atoms with Gasteiger partial charge in [-0.05, 0) is 0 Å². The molecule has 0 aromatic heterocycles. The Hall–Kier alpha value is 0.179. The fourth-order valence-corrected chi connectivity index (χ4v) is 0.0678. The molecule has 0 fully saturated rings. The number of carbonyl (C=O) groups is 2. The van der Waals surface area contributed by atoms with Gasteiger partial charge < -0.3 is 4.74 Å². The Morgan fingerprint density at radius 2 is 1.88 bits per heavy atom. The van der Waals surface area contributed by atoms with Crippen molar-refractivity contribution in [3.63, 3.8) is 0 Å². The number of hydrogen-bond donors (Lipinski definition) is 0. The molecule has 0 amide bonds. The van der Waals surface area contributed by atoms with E-state index in [4.69, 9.17) is 0 Å². The molecule has 0 unspecified atom stereocenters. The van der Waals surface area contributed by atoms with Gasteiger partial charge in [0.05, 0.1) is 0 Å². The molecule has 0 aromatic rings. The van der Waals surface area contributed by atoms with Crippen LogP contribution in [0.3, 0.4) is 0 Å². The van der Waals surface area contributed by atoms with E-state index in [-0.39, 0.29) is 40.6 Å². The molecular formula is C3H4Cu2O3. The van der Waals surface area contributed by atoms with Gasteiger partial charge in [-0.1, -0.05) is 0 Å². The quantitative estimate of drug-likeness (QED) is 0.261. The van der Waals surface area contributed by atoms with Crippen molar-refractivity contribution in [2.45, 2.75) is 6.92 Å². The molecule has 0 aliphatic heterocycles. The maximum absolute atomic E-state index is 9.59. The standard InChI is InChI=1S/C3H4O3.2Cu/c1-3(5)6-2-4;;/h2H,1H3;;. The third-order valence-corrected chi connectivity index (χ3v) is 0.214. The van der Waals surface area contributed by atoms with Gasteiger partial charge in [0.1, 0.15) is 0 Å². The van der Waals surface area contributed by atoms with E-state index in [0.29, 0.717) is 0 Å². The predicted molar refractivity (Wildman–Crippen MR) is 17.8 cm³/mol. The molecule has 0 atom stereocenters. The summed E-state index contributed by atoms with van der Waals surface area (Å²) >= 11 is 0. The molecule has 0 rings (SSSR count). The summed E-state index contributed by atoms with van der Waals surface area (Å²) < 4.78 is 3.72. The zero-order chi connectivity index (χ0) is 4.99. The molecule has 8 heavy (non-hydrogen) atoms. The van der Waals surface area contributed by atoms with Crippen LogP contribution in [-0.4, -0.2) is 12.4 Å². The first-order valence-corrected chi connectivity index (χ1v) is 1.38. The predicted octanol–water partition coefficient (Wildman–Crippen LogP) is -0.299. The summed E-state index contributed by atoms with van der Waals surface area (Å²) in [5.41, 5.74) is 0. The minimum Gasteiger partial charge on any atom is -0.396 e. The van der Waals surface area contributed by atoms with Gasteiger partial charge in [-0.3, -0.25) is 9.59 Å². The Kier molecular flexibility index (Phi) is 20.1. The van der Waals surface area contributed by atoms with Crippen molar-refractivity contribution in [3.8, 4) is 0 Å².